The van der Waals surface area contributed by atoms with E-state index < -0.39 is 0 Å². The monoisotopic (exact) mass is 357 g/mol. The molecule has 0 amide bonds. The molecule has 1 atom stereocenters. The molecule has 0 saturated carbocycles. The lowest BCUT2D eigenvalue weighted by Crippen LogP contribution is -2.19. The molecule has 2 rings (SSSR count). The zero-order valence-electron chi connectivity index (χ0n) is 12.3. The van der Waals surface area contributed by atoms with Crippen LogP contribution in [0.15, 0.2) is 27.6 Å². The van der Waals surface area contributed by atoms with Gasteiger partial charge in [0.05, 0.1) is 6.10 Å². The highest BCUT2D eigenvalue weighted by Gasteiger charge is 2.15. The van der Waals surface area contributed by atoms with Crippen LogP contribution in [0.4, 0.5) is 0 Å². The summed E-state index contributed by atoms with van der Waals surface area (Å²) in [7, 11) is 0. The lowest BCUT2D eigenvalue weighted by Gasteiger charge is -2.12. The Labute approximate surface area is 135 Å². The second kappa shape index (κ2) is 8.42. The average Bonchev–Trinajstić information content (AvgIpc) is 2.91. The van der Waals surface area contributed by atoms with Crippen molar-refractivity contribution < 1.29 is 4.74 Å². The van der Waals surface area contributed by atoms with Crippen LogP contribution in [0, 0.1) is 5.92 Å². The van der Waals surface area contributed by atoms with Crippen LogP contribution in [0.25, 0.3) is 0 Å². The largest absolute Gasteiger partial charge is 0.377 e. The normalized spacial score (nSPS) is 18.9. The van der Waals surface area contributed by atoms with Crippen molar-refractivity contribution in [3.63, 3.8) is 0 Å². The number of nitrogens with one attached hydrogen (secondary N) is 1. The van der Waals surface area contributed by atoms with Crippen molar-refractivity contribution in [2.24, 2.45) is 5.92 Å². The molecule has 20 heavy (non-hydrogen) atoms. The molecule has 1 unspecified atom stereocenters. The molecule has 1 N–H and O–H groups in total. The molecule has 4 heteroatoms. The molecule has 1 fully saturated rings. The second-order valence-corrected chi connectivity index (χ2v) is 7.67. The van der Waals surface area contributed by atoms with Crippen LogP contribution in [0.2, 0.25) is 0 Å². The van der Waals surface area contributed by atoms with Gasteiger partial charge in [-0.2, -0.15) is 0 Å². The van der Waals surface area contributed by atoms with Crippen LogP contribution in [-0.2, 0) is 11.3 Å². The summed E-state index contributed by atoms with van der Waals surface area (Å²) in [5.41, 5.74) is 1.33. The smallest absolute Gasteiger partial charge is 0.0669 e. The van der Waals surface area contributed by atoms with E-state index in [0.717, 1.165) is 25.4 Å². The molecule has 1 aliphatic rings. The molecule has 1 heterocycles. The van der Waals surface area contributed by atoms with E-state index in [9.17, 15) is 0 Å². The highest BCUT2D eigenvalue weighted by Crippen LogP contribution is 2.28. The average molecular weight is 358 g/mol. The molecule has 1 aromatic carbocycles. The second-order valence-electron chi connectivity index (χ2n) is 5.72. The van der Waals surface area contributed by atoms with Gasteiger partial charge in [0.2, 0.25) is 0 Å². The first-order chi connectivity index (χ1) is 9.65. The first kappa shape index (κ1) is 16.3. The summed E-state index contributed by atoms with van der Waals surface area (Å²) in [4.78, 5) is 1.32. The van der Waals surface area contributed by atoms with Gasteiger partial charge in [-0.15, -0.1) is 11.8 Å². The number of benzene rings is 1. The number of hydrogen-bond donors (Lipinski definition) is 1. The molecular formula is C16H24BrNOS. The molecule has 0 spiro atoms. The summed E-state index contributed by atoms with van der Waals surface area (Å²) in [5, 5.41) is 3.48. The SMILES string of the molecule is CC(C)CNCc1ccc(SCC2CCCO2)cc1Br. The van der Waals surface area contributed by atoms with Gasteiger partial charge >= 0.3 is 0 Å². The van der Waals surface area contributed by atoms with Crippen molar-refractivity contribution in [2.75, 3.05) is 18.9 Å². The predicted octanol–water partition coefficient (Wildman–Crippen LogP) is 4.47. The lowest BCUT2D eigenvalue weighted by molar-refractivity contribution is 0.129. The van der Waals surface area contributed by atoms with Gasteiger partial charge in [0, 0.05) is 28.3 Å². The Hall–Kier alpha value is -0.0300. The molecule has 1 saturated heterocycles. The quantitative estimate of drug-likeness (QED) is 0.727. The molecule has 112 valence electrons. The standard InChI is InChI=1S/C16H24BrNOS/c1-12(2)9-18-10-13-5-6-15(8-16(13)17)20-11-14-4-3-7-19-14/h5-6,8,12,14,18H,3-4,7,9-11H2,1-2H3. The van der Waals surface area contributed by atoms with Gasteiger partial charge in [-0.3, -0.25) is 0 Å². The Bertz CT molecular complexity index is 419. The first-order valence-corrected chi connectivity index (χ1v) is 9.16. The summed E-state index contributed by atoms with van der Waals surface area (Å²) >= 11 is 5.58. The first-order valence-electron chi connectivity index (χ1n) is 7.38. The summed E-state index contributed by atoms with van der Waals surface area (Å²) < 4.78 is 6.86. The van der Waals surface area contributed by atoms with Crippen molar-refractivity contribution in [3.8, 4) is 0 Å². The highest BCUT2D eigenvalue weighted by molar-refractivity contribution is 9.10. The Balaban J connectivity index is 1.81. The van der Waals surface area contributed by atoms with Gasteiger partial charge in [0.15, 0.2) is 0 Å². The summed E-state index contributed by atoms with van der Waals surface area (Å²) in [5.74, 6) is 1.76. The van der Waals surface area contributed by atoms with Crippen LogP contribution in [0.5, 0.6) is 0 Å². The number of ether oxygens (including phenoxy) is 1. The van der Waals surface area contributed by atoms with E-state index in [0.29, 0.717) is 12.0 Å². The fraction of sp³-hybridized carbons (Fsp3) is 0.625. The number of halogens is 1. The van der Waals surface area contributed by atoms with E-state index >= 15 is 0 Å². The molecule has 0 aromatic heterocycles. The van der Waals surface area contributed by atoms with Crippen molar-refractivity contribution in [1.29, 1.82) is 0 Å². The molecule has 2 nitrogen and oxygen atoms in total. The lowest BCUT2D eigenvalue weighted by atomic mass is 10.2. The van der Waals surface area contributed by atoms with Gasteiger partial charge in [-0.05, 0) is 43.0 Å². The maximum absolute atomic E-state index is 5.66. The third-order valence-electron chi connectivity index (χ3n) is 3.35. The van der Waals surface area contributed by atoms with E-state index in [1.165, 1.54) is 27.8 Å². The number of rotatable bonds is 7. The fourth-order valence-corrected chi connectivity index (χ4v) is 3.90. The molecule has 0 radical (unpaired) electrons. The van der Waals surface area contributed by atoms with Gasteiger partial charge in [0.1, 0.15) is 0 Å². The van der Waals surface area contributed by atoms with E-state index in [-0.39, 0.29) is 0 Å². The number of thioether (sulfide) groups is 1. The van der Waals surface area contributed by atoms with Crippen LogP contribution >= 0.6 is 27.7 Å². The van der Waals surface area contributed by atoms with Crippen molar-refractivity contribution >= 4 is 27.7 Å². The maximum Gasteiger partial charge on any atom is 0.0669 e. The third-order valence-corrected chi connectivity index (χ3v) is 5.22. The van der Waals surface area contributed by atoms with Gasteiger partial charge in [-0.1, -0.05) is 35.8 Å². The Morgan fingerprint density at radius 2 is 2.30 bits per heavy atom. The Morgan fingerprint density at radius 3 is 2.95 bits per heavy atom. The molecule has 1 aromatic rings. The third kappa shape index (κ3) is 5.40. The van der Waals surface area contributed by atoms with Gasteiger partial charge in [-0.25, -0.2) is 0 Å². The highest BCUT2D eigenvalue weighted by atomic mass is 79.9. The summed E-state index contributed by atoms with van der Waals surface area (Å²) in [6.07, 6.45) is 2.88. The van der Waals surface area contributed by atoms with Crippen molar-refractivity contribution in [1.82, 2.24) is 5.32 Å². The minimum atomic E-state index is 0.450. The Morgan fingerprint density at radius 1 is 1.45 bits per heavy atom. The van der Waals surface area contributed by atoms with Crippen LogP contribution in [0.1, 0.15) is 32.3 Å². The zero-order chi connectivity index (χ0) is 14.4. The van der Waals surface area contributed by atoms with Crippen LogP contribution < -0.4 is 5.32 Å². The Kier molecular flexibility index (Phi) is 6.88. The number of hydrogen-bond acceptors (Lipinski definition) is 3. The summed E-state index contributed by atoms with van der Waals surface area (Å²) in [6.45, 7) is 7.38. The van der Waals surface area contributed by atoms with Crippen molar-refractivity contribution in [3.05, 3.63) is 28.2 Å². The molecule has 0 bridgehead atoms. The maximum atomic E-state index is 5.66. The van der Waals surface area contributed by atoms with E-state index in [1.807, 2.05) is 11.8 Å². The van der Waals surface area contributed by atoms with Gasteiger partial charge in [0.25, 0.3) is 0 Å². The van der Waals surface area contributed by atoms with E-state index in [1.54, 1.807) is 0 Å². The van der Waals surface area contributed by atoms with Crippen LogP contribution in [-0.4, -0.2) is 25.0 Å². The molecule has 0 aliphatic carbocycles. The van der Waals surface area contributed by atoms with Crippen LogP contribution in [0.3, 0.4) is 0 Å². The predicted molar refractivity (Wildman–Crippen MR) is 90.4 cm³/mol. The van der Waals surface area contributed by atoms with E-state index in [4.69, 9.17) is 4.74 Å². The van der Waals surface area contributed by atoms with Gasteiger partial charge < -0.3 is 10.1 Å². The minimum absolute atomic E-state index is 0.450. The topological polar surface area (TPSA) is 21.3 Å². The molecule has 1 aliphatic heterocycles. The zero-order valence-corrected chi connectivity index (χ0v) is 14.7. The molecular weight excluding hydrogens is 334 g/mol. The van der Waals surface area contributed by atoms with E-state index in [2.05, 4.69) is 53.3 Å². The summed E-state index contributed by atoms with van der Waals surface area (Å²) in [6, 6.07) is 6.66. The van der Waals surface area contributed by atoms with Crippen molar-refractivity contribution in [2.45, 2.75) is 44.2 Å². The fourth-order valence-electron chi connectivity index (χ4n) is 2.22. The minimum Gasteiger partial charge on any atom is -0.377 e.